The second-order valence-electron chi connectivity index (χ2n) is 5.93. The molecule has 3 rings (SSSR count). The number of carbonyl (C=O) groups excluding carboxylic acids is 2. The Morgan fingerprint density at radius 1 is 0.926 bits per heavy atom. The predicted octanol–water partition coefficient (Wildman–Crippen LogP) is 2.85. The molecule has 0 unspecified atom stereocenters. The number of halogens is 1. The molecule has 0 saturated carbocycles. The van der Waals surface area contributed by atoms with Crippen molar-refractivity contribution in [3.05, 3.63) is 72.0 Å². The van der Waals surface area contributed by atoms with Crippen LogP contribution < -0.4 is 16.0 Å². The second kappa shape index (κ2) is 8.75. The van der Waals surface area contributed by atoms with Crippen LogP contribution in [0.2, 0.25) is 0 Å². The first-order valence-corrected chi connectivity index (χ1v) is 8.52. The van der Waals surface area contributed by atoms with E-state index in [0.717, 1.165) is 10.9 Å². The highest BCUT2D eigenvalue weighted by molar-refractivity contribution is 5.90. The van der Waals surface area contributed by atoms with Crippen molar-refractivity contribution in [1.29, 1.82) is 0 Å². The lowest BCUT2D eigenvalue weighted by Crippen LogP contribution is -2.37. The minimum atomic E-state index is -0.405. The number of urea groups is 1. The van der Waals surface area contributed by atoms with Crippen molar-refractivity contribution in [2.24, 2.45) is 0 Å². The van der Waals surface area contributed by atoms with Gasteiger partial charge in [-0.05, 0) is 35.9 Å². The summed E-state index contributed by atoms with van der Waals surface area (Å²) in [7, 11) is 0. The Hall–Kier alpha value is -3.48. The first-order valence-electron chi connectivity index (χ1n) is 8.52. The van der Waals surface area contributed by atoms with Gasteiger partial charge in [0.2, 0.25) is 5.91 Å². The SMILES string of the molecule is O=C(Cc1cccc(F)c1)NCCNC(=O)Nc1ccc2ccccc2n1. The summed E-state index contributed by atoms with van der Waals surface area (Å²) in [5.74, 6) is -0.165. The third kappa shape index (κ3) is 5.50. The van der Waals surface area contributed by atoms with Gasteiger partial charge in [0.15, 0.2) is 0 Å². The Morgan fingerprint density at radius 2 is 1.74 bits per heavy atom. The standard InChI is InChI=1S/C20H19FN4O2/c21-16-6-3-4-14(12-16)13-19(26)22-10-11-23-20(27)25-18-9-8-15-5-1-2-7-17(15)24-18/h1-9,12H,10-11,13H2,(H,22,26)(H2,23,24,25,27). The van der Waals surface area contributed by atoms with E-state index in [9.17, 15) is 14.0 Å². The molecule has 0 aliphatic carbocycles. The van der Waals surface area contributed by atoms with E-state index in [1.54, 1.807) is 18.2 Å². The molecule has 2 aromatic carbocycles. The van der Waals surface area contributed by atoms with Gasteiger partial charge in [0, 0.05) is 18.5 Å². The number of hydrogen-bond acceptors (Lipinski definition) is 3. The van der Waals surface area contributed by atoms with Gasteiger partial charge in [-0.25, -0.2) is 14.2 Å². The number of rotatable bonds is 6. The van der Waals surface area contributed by atoms with E-state index in [1.165, 1.54) is 12.1 Å². The highest BCUT2D eigenvalue weighted by Gasteiger charge is 2.06. The summed E-state index contributed by atoms with van der Waals surface area (Å²) in [5, 5.41) is 8.96. The van der Waals surface area contributed by atoms with Gasteiger partial charge in [-0.3, -0.25) is 10.1 Å². The van der Waals surface area contributed by atoms with Gasteiger partial charge in [0.25, 0.3) is 0 Å². The maximum absolute atomic E-state index is 13.1. The van der Waals surface area contributed by atoms with Crippen LogP contribution in [0.4, 0.5) is 15.0 Å². The largest absolute Gasteiger partial charge is 0.354 e. The maximum Gasteiger partial charge on any atom is 0.320 e. The van der Waals surface area contributed by atoms with Crippen LogP contribution >= 0.6 is 0 Å². The molecule has 3 amide bonds. The third-order valence-electron chi connectivity index (χ3n) is 3.83. The summed E-state index contributed by atoms with van der Waals surface area (Å²) in [6.45, 7) is 0.529. The monoisotopic (exact) mass is 366 g/mol. The first kappa shape index (κ1) is 18.3. The van der Waals surface area contributed by atoms with Crippen molar-refractivity contribution in [1.82, 2.24) is 15.6 Å². The summed E-state index contributed by atoms with van der Waals surface area (Å²) in [6, 6.07) is 16.7. The number of nitrogens with zero attached hydrogens (tertiary/aromatic N) is 1. The fourth-order valence-corrected chi connectivity index (χ4v) is 2.57. The summed E-state index contributed by atoms with van der Waals surface area (Å²) >= 11 is 0. The fraction of sp³-hybridized carbons (Fsp3) is 0.150. The number of hydrogen-bond donors (Lipinski definition) is 3. The van der Waals surface area contributed by atoms with Gasteiger partial charge in [-0.1, -0.05) is 30.3 Å². The number of amides is 3. The highest BCUT2D eigenvalue weighted by atomic mass is 19.1. The molecule has 27 heavy (non-hydrogen) atoms. The molecule has 0 aliphatic rings. The number of carbonyl (C=O) groups is 2. The summed E-state index contributed by atoms with van der Waals surface area (Å²) in [4.78, 5) is 28.1. The Balaban J connectivity index is 1.39. The summed E-state index contributed by atoms with van der Waals surface area (Å²) in [5.41, 5.74) is 1.39. The fourth-order valence-electron chi connectivity index (χ4n) is 2.57. The minimum Gasteiger partial charge on any atom is -0.354 e. The molecule has 0 bridgehead atoms. The Bertz CT molecular complexity index is 961. The molecule has 0 atom stereocenters. The van der Waals surface area contributed by atoms with E-state index < -0.39 is 6.03 Å². The molecular weight excluding hydrogens is 347 g/mol. The van der Waals surface area contributed by atoms with Gasteiger partial charge in [-0.15, -0.1) is 0 Å². The molecule has 6 nitrogen and oxygen atoms in total. The van der Waals surface area contributed by atoms with Crippen LogP contribution in [0, 0.1) is 5.82 Å². The zero-order chi connectivity index (χ0) is 19.1. The second-order valence-corrected chi connectivity index (χ2v) is 5.93. The van der Waals surface area contributed by atoms with Crippen LogP contribution in [0.1, 0.15) is 5.56 Å². The number of para-hydroxylation sites is 1. The topological polar surface area (TPSA) is 83.1 Å². The van der Waals surface area contributed by atoms with Crippen molar-refractivity contribution >= 4 is 28.7 Å². The van der Waals surface area contributed by atoms with Crippen LogP contribution in [0.25, 0.3) is 10.9 Å². The molecular formula is C20H19FN4O2. The van der Waals surface area contributed by atoms with Crippen LogP contribution in [0.15, 0.2) is 60.7 Å². The van der Waals surface area contributed by atoms with Crippen LogP contribution in [0.5, 0.6) is 0 Å². The Kier molecular flexibility index (Phi) is 5.94. The van der Waals surface area contributed by atoms with Gasteiger partial charge < -0.3 is 10.6 Å². The number of pyridine rings is 1. The van der Waals surface area contributed by atoms with Gasteiger partial charge in [-0.2, -0.15) is 0 Å². The molecule has 0 radical (unpaired) electrons. The molecule has 3 aromatic rings. The zero-order valence-electron chi connectivity index (χ0n) is 14.5. The van der Waals surface area contributed by atoms with E-state index in [2.05, 4.69) is 20.9 Å². The molecule has 0 spiro atoms. The van der Waals surface area contributed by atoms with Gasteiger partial charge in [0.05, 0.1) is 11.9 Å². The lowest BCUT2D eigenvalue weighted by molar-refractivity contribution is -0.120. The molecule has 7 heteroatoms. The average Bonchev–Trinajstić information content (AvgIpc) is 2.65. The van der Waals surface area contributed by atoms with E-state index in [-0.39, 0.29) is 31.2 Å². The zero-order valence-corrected chi connectivity index (χ0v) is 14.5. The third-order valence-corrected chi connectivity index (χ3v) is 3.83. The first-order chi connectivity index (χ1) is 13.1. The van der Waals surface area contributed by atoms with E-state index in [0.29, 0.717) is 11.4 Å². The lowest BCUT2D eigenvalue weighted by atomic mass is 10.1. The number of aromatic nitrogens is 1. The van der Waals surface area contributed by atoms with Crippen molar-refractivity contribution in [2.75, 3.05) is 18.4 Å². The highest BCUT2D eigenvalue weighted by Crippen LogP contribution is 2.14. The number of benzene rings is 2. The lowest BCUT2D eigenvalue weighted by Gasteiger charge is -2.09. The average molecular weight is 366 g/mol. The van der Waals surface area contributed by atoms with Crippen LogP contribution in [-0.4, -0.2) is 30.0 Å². The number of fused-ring (bicyclic) bond motifs is 1. The predicted molar refractivity (Wildman–Crippen MR) is 102 cm³/mol. The van der Waals surface area contributed by atoms with E-state index >= 15 is 0 Å². The van der Waals surface area contributed by atoms with Crippen molar-refractivity contribution in [3.63, 3.8) is 0 Å². The quantitative estimate of drug-likeness (QED) is 0.587. The van der Waals surface area contributed by atoms with Crippen molar-refractivity contribution in [2.45, 2.75) is 6.42 Å². The minimum absolute atomic E-state index is 0.0883. The molecule has 0 fully saturated rings. The van der Waals surface area contributed by atoms with E-state index in [4.69, 9.17) is 0 Å². The molecule has 138 valence electrons. The Labute approximate surface area is 155 Å². The van der Waals surface area contributed by atoms with Gasteiger partial charge in [0.1, 0.15) is 11.6 Å². The Morgan fingerprint density at radius 3 is 2.59 bits per heavy atom. The summed E-state index contributed by atoms with van der Waals surface area (Å²) < 4.78 is 13.1. The van der Waals surface area contributed by atoms with E-state index in [1.807, 2.05) is 30.3 Å². The van der Waals surface area contributed by atoms with Crippen molar-refractivity contribution in [3.8, 4) is 0 Å². The number of nitrogens with one attached hydrogen (secondary N) is 3. The number of anilines is 1. The normalized spacial score (nSPS) is 10.4. The van der Waals surface area contributed by atoms with Gasteiger partial charge >= 0.3 is 6.03 Å². The molecule has 0 aliphatic heterocycles. The molecule has 1 aromatic heterocycles. The maximum atomic E-state index is 13.1. The molecule has 1 heterocycles. The molecule has 0 saturated heterocycles. The van der Waals surface area contributed by atoms with Crippen LogP contribution in [0.3, 0.4) is 0 Å². The van der Waals surface area contributed by atoms with Crippen molar-refractivity contribution < 1.29 is 14.0 Å². The summed E-state index contributed by atoms with van der Waals surface area (Å²) in [6.07, 6.45) is 0.0883. The smallest absolute Gasteiger partial charge is 0.320 e. The molecule has 3 N–H and O–H groups in total. The van der Waals surface area contributed by atoms with Crippen LogP contribution in [-0.2, 0) is 11.2 Å².